The number of nitro groups is 1. The van der Waals surface area contributed by atoms with Gasteiger partial charge in [0.25, 0.3) is 5.96 Å². The first-order valence-corrected chi connectivity index (χ1v) is 15.1. The van der Waals surface area contributed by atoms with E-state index in [0.29, 0.717) is 5.56 Å². The fraction of sp³-hybridized carbons (Fsp3) is 0.419. The van der Waals surface area contributed by atoms with Crippen LogP contribution in [0, 0.1) is 16.0 Å². The summed E-state index contributed by atoms with van der Waals surface area (Å²) in [6.07, 6.45) is -0.187. The standard InChI is InChI=1S/C31H42N8O9.ClH/c1-20(2)27(30(44)48-19-22-12-7-4-8-13-22)37-29(43)24(16-26(41)47-18-21-10-5-3-6-11-21)36-25(40)17-35-28(42)23(32)14-9-15-34-31(33)38-39(45)46;/h3-8,10-13,20,23-24,27H,9,14-19,32H2,1-2H3,(H,35,42)(H,36,40)(H,37,43)(H3,33,34,38);1H/t23-,24+,27-;/m0./s1. The van der Waals surface area contributed by atoms with Crippen molar-refractivity contribution in [2.45, 2.75) is 64.4 Å². The molecule has 268 valence electrons. The lowest BCUT2D eigenvalue weighted by Gasteiger charge is -2.24. The van der Waals surface area contributed by atoms with Gasteiger partial charge in [-0.25, -0.2) is 19.9 Å². The molecule has 0 radical (unpaired) electrons. The van der Waals surface area contributed by atoms with Crippen LogP contribution in [0.5, 0.6) is 0 Å². The summed E-state index contributed by atoms with van der Waals surface area (Å²) >= 11 is 0. The maximum Gasteiger partial charge on any atom is 0.329 e. The van der Waals surface area contributed by atoms with Crippen molar-refractivity contribution in [2.75, 3.05) is 13.1 Å². The number of esters is 2. The number of halogens is 1. The SMILES string of the molecule is CC(C)[C@H](NC(=O)[C@@H](CC(=O)OCc1ccccc1)NC(=O)CNC(=O)[C@@H](N)CCCN=C(N)N[N+](=O)[O-])C(=O)OCc1ccccc1.Cl. The van der Waals surface area contributed by atoms with Gasteiger partial charge in [-0.2, -0.15) is 0 Å². The minimum absolute atomic E-state index is 0. The van der Waals surface area contributed by atoms with Gasteiger partial charge in [-0.05, 0) is 29.9 Å². The summed E-state index contributed by atoms with van der Waals surface area (Å²) in [4.78, 5) is 78.3. The Labute approximate surface area is 289 Å². The number of guanidine groups is 1. The summed E-state index contributed by atoms with van der Waals surface area (Å²) in [5.41, 5.74) is 14.3. The molecule has 0 unspecified atom stereocenters. The number of carbonyl (C=O) groups excluding carboxylic acids is 5. The Morgan fingerprint density at radius 2 is 1.47 bits per heavy atom. The molecule has 49 heavy (non-hydrogen) atoms. The molecule has 2 aromatic rings. The quantitative estimate of drug-likeness (QED) is 0.0287. The van der Waals surface area contributed by atoms with Crippen LogP contribution < -0.4 is 32.8 Å². The molecule has 0 saturated heterocycles. The molecule has 0 aliphatic carbocycles. The van der Waals surface area contributed by atoms with Gasteiger partial charge < -0.3 is 36.9 Å². The highest BCUT2D eigenvalue weighted by atomic mass is 35.5. The number of amides is 3. The molecule has 0 aliphatic heterocycles. The highest BCUT2D eigenvalue weighted by Crippen LogP contribution is 2.10. The highest BCUT2D eigenvalue weighted by molar-refractivity contribution is 5.94. The zero-order chi connectivity index (χ0) is 35.5. The van der Waals surface area contributed by atoms with Gasteiger partial charge in [0.2, 0.25) is 17.7 Å². The number of ether oxygens (including phenoxy) is 2. The molecular formula is C31H43ClN8O9. The van der Waals surface area contributed by atoms with Crippen LogP contribution in [0.3, 0.4) is 0 Å². The normalized spacial score (nSPS) is 12.7. The molecule has 0 aliphatic rings. The van der Waals surface area contributed by atoms with Crippen molar-refractivity contribution in [3.05, 3.63) is 81.9 Å². The Bertz CT molecular complexity index is 1410. The number of nitrogens with two attached hydrogens (primary N) is 2. The molecule has 2 rings (SSSR count). The van der Waals surface area contributed by atoms with Crippen molar-refractivity contribution < 1.29 is 38.5 Å². The van der Waals surface area contributed by atoms with Crippen LogP contribution in [0.4, 0.5) is 0 Å². The van der Waals surface area contributed by atoms with Crippen molar-refractivity contribution >= 4 is 48.0 Å². The van der Waals surface area contributed by atoms with E-state index in [1.165, 1.54) is 0 Å². The average molecular weight is 707 g/mol. The van der Waals surface area contributed by atoms with Crippen LogP contribution >= 0.6 is 12.4 Å². The van der Waals surface area contributed by atoms with Crippen LogP contribution in [0.1, 0.15) is 44.2 Å². The molecule has 17 nitrogen and oxygen atoms in total. The molecule has 2 aromatic carbocycles. The third-order valence-corrected chi connectivity index (χ3v) is 6.63. The molecular weight excluding hydrogens is 664 g/mol. The predicted octanol–water partition coefficient (Wildman–Crippen LogP) is 0.230. The van der Waals surface area contributed by atoms with E-state index in [4.69, 9.17) is 20.9 Å². The van der Waals surface area contributed by atoms with Gasteiger partial charge in [-0.15, -0.1) is 12.4 Å². The van der Waals surface area contributed by atoms with Gasteiger partial charge in [-0.3, -0.25) is 19.2 Å². The Hall–Kier alpha value is -5.29. The third kappa shape index (κ3) is 16.9. The van der Waals surface area contributed by atoms with Crippen molar-refractivity contribution in [2.24, 2.45) is 22.4 Å². The van der Waals surface area contributed by atoms with Gasteiger partial charge in [0.15, 0.2) is 5.03 Å². The van der Waals surface area contributed by atoms with E-state index in [9.17, 15) is 34.1 Å². The molecule has 0 fully saturated rings. The Kier molecular flexibility index (Phi) is 19.0. The van der Waals surface area contributed by atoms with Crippen LogP contribution in [0.25, 0.3) is 0 Å². The molecule has 18 heteroatoms. The first-order chi connectivity index (χ1) is 22.8. The van der Waals surface area contributed by atoms with E-state index >= 15 is 0 Å². The van der Waals surface area contributed by atoms with Gasteiger partial charge in [0, 0.05) is 6.54 Å². The fourth-order valence-electron chi connectivity index (χ4n) is 4.06. The number of nitrogens with zero attached hydrogens (tertiary/aromatic N) is 2. The first-order valence-electron chi connectivity index (χ1n) is 15.1. The number of hydrogen-bond acceptors (Lipinski definition) is 11. The summed E-state index contributed by atoms with van der Waals surface area (Å²) < 4.78 is 10.7. The number of rotatable bonds is 19. The van der Waals surface area contributed by atoms with Gasteiger partial charge in [0.1, 0.15) is 25.3 Å². The van der Waals surface area contributed by atoms with Gasteiger partial charge in [0.05, 0.1) is 19.0 Å². The van der Waals surface area contributed by atoms with E-state index < -0.39 is 77.7 Å². The topological polar surface area (TPSA) is 259 Å². The van der Waals surface area contributed by atoms with E-state index in [1.54, 1.807) is 73.9 Å². The number of carbonyl (C=O) groups is 5. The first kappa shape index (κ1) is 41.7. The van der Waals surface area contributed by atoms with Crippen LogP contribution in [-0.2, 0) is 46.7 Å². The molecule has 3 atom stereocenters. The minimum atomic E-state index is -1.47. The molecule has 0 saturated carbocycles. The Balaban J connectivity index is 0.0000120. The number of aliphatic imine (C=N–C) groups is 1. The van der Waals surface area contributed by atoms with E-state index in [-0.39, 0.29) is 45.0 Å². The van der Waals surface area contributed by atoms with Crippen LogP contribution in [0.15, 0.2) is 65.7 Å². The summed E-state index contributed by atoms with van der Waals surface area (Å²) in [6.45, 7) is 2.77. The summed E-state index contributed by atoms with van der Waals surface area (Å²) in [5, 5.41) is 16.8. The summed E-state index contributed by atoms with van der Waals surface area (Å²) in [6, 6.07) is 14.2. The second kappa shape index (κ2) is 22.3. The number of benzene rings is 2. The average Bonchev–Trinajstić information content (AvgIpc) is 3.05. The highest BCUT2D eigenvalue weighted by Gasteiger charge is 2.31. The lowest BCUT2D eigenvalue weighted by molar-refractivity contribution is -0.525. The predicted molar refractivity (Wildman–Crippen MR) is 180 cm³/mol. The largest absolute Gasteiger partial charge is 0.461 e. The third-order valence-electron chi connectivity index (χ3n) is 6.63. The van der Waals surface area contributed by atoms with Gasteiger partial charge in [-0.1, -0.05) is 79.9 Å². The maximum absolute atomic E-state index is 13.4. The number of nitrogens with one attached hydrogen (secondary N) is 4. The lowest BCUT2D eigenvalue weighted by Crippen LogP contribution is -2.55. The van der Waals surface area contributed by atoms with E-state index in [0.717, 1.165) is 5.56 Å². The second-order valence-corrected chi connectivity index (χ2v) is 10.9. The number of hydrogen-bond donors (Lipinski definition) is 6. The molecule has 8 N–H and O–H groups in total. The zero-order valence-corrected chi connectivity index (χ0v) is 28.0. The molecule has 0 bridgehead atoms. The molecule has 0 heterocycles. The van der Waals surface area contributed by atoms with Crippen molar-refractivity contribution in [1.82, 2.24) is 21.4 Å². The second-order valence-electron chi connectivity index (χ2n) is 10.9. The Morgan fingerprint density at radius 3 is 2.02 bits per heavy atom. The molecule has 0 spiro atoms. The van der Waals surface area contributed by atoms with Crippen molar-refractivity contribution in [3.63, 3.8) is 0 Å². The van der Waals surface area contributed by atoms with E-state index in [1.807, 2.05) is 6.07 Å². The van der Waals surface area contributed by atoms with Crippen LogP contribution in [-0.4, -0.2) is 71.9 Å². The molecule has 3 amide bonds. The minimum Gasteiger partial charge on any atom is -0.461 e. The number of hydrazine groups is 1. The molecule has 0 aromatic heterocycles. The zero-order valence-electron chi connectivity index (χ0n) is 27.2. The van der Waals surface area contributed by atoms with Crippen molar-refractivity contribution in [3.8, 4) is 0 Å². The monoisotopic (exact) mass is 706 g/mol. The summed E-state index contributed by atoms with van der Waals surface area (Å²) in [7, 11) is 0. The van der Waals surface area contributed by atoms with Gasteiger partial charge >= 0.3 is 11.9 Å². The maximum atomic E-state index is 13.4. The Morgan fingerprint density at radius 1 is 0.898 bits per heavy atom. The lowest BCUT2D eigenvalue weighted by atomic mass is 10.0. The van der Waals surface area contributed by atoms with E-state index in [2.05, 4.69) is 20.9 Å². The van der Waals surface area contributed by atoms with Crippen LogP contribution in [0.2, 0.25) is 0 Å². The fourth-order valence-corrected chi connectivity index (χ4v) is 4.06. The smallest absolute Gasteiger partial charge is 0.329 e. The van der Waals surface area contributed by atoms with Crippen molar-refractivity contribution in [1.29, 1.82) is 0 Å². The summed E-state index contributed by atoms with van der Waals surface area (Å²) in [5.74, 6) is -4.66.